The second-order valence-corrected chi connectivity index (χ2v) is 6.42. The van der Waals surface area contributed by atoms with E-state index in [0.717, 1.165) is 24.2 Å². The monoisotopic (exact) mass is 349 g/mol. The first-order chi connectivity index (χ1) is 11.5. The smallest absolute Gasteiger partial charge is 0.316 e. The fraction of sp³-hybridized carbons (Fsp3) is 0.500. The molecule has 0 aromatic carbocycles. The molecule has 0 aliphatic carbocycles. The van der Waals surface area contributed by atoms with Crippen LogP contribution in [0.1, 0.15) is 34.6 Å². The maximum Gasteiger partial charge on any atom is 0.316 e. The standard InChI is InChI=1S/C16H20ClN5O2/c1-10-14(11(2)21(3)20-10)15(23)22-6-4-5-13(9-22)24-16-18-7-12(17)8-19-16/h7-8,13H,4-6,9H2,1-3H3/t13-/m1/s1. The molecule has 2 aromatic heterocycles. The van der Waals surface area contributed by atoms with Crippen molar-refractivity contribution in [3.63, 3.8) is 0 Å². The van der Waals surface area contributed by atoms with Crippen LogP contribution in [0, 0.1) is 13.8 Å². The number of likely N-dealkylation sites (tertiary alicyclic amines) is 1. The number of hydrogen-bond donors (Lipinski definition) is 0. The summed E-state index contributed by atoms with van der Waals surface area (Å²) in [6.45, 7) is 5.00. The molecule has 1 atom stereocenters. The second-order valence-electron chi connectivity index (χ2n) is 5.99. The van der Waals surface area contributed by atoms with Gasteiger partial charge in [0.15, 0.2) is 0 Å². The average molecular weight is 350 g/mol. The second kappa shape index (κ2) is 6.76. The van der Waals surface area contributed by atoms with Gasteiger partial charge in [-0.3, -0.25) is 9.48 Å². The fourth-order valence-electron chi connectivity index (χ4n) is 2.97. The summed E-state index contributed by atoms with van der Waals surface area (Å²) in [4.78, 5) is 22.8. The van der Waals surface area contributed by atoms with E-state index in [1.807, 2.05) is 25.8 Å². The molecule has 1 aliphatic heterocycles. The van der Waals surface area contributed by atoms with E-state index in [0.29, 0.717) is 23.7 Å². The van der Waals surface area contributed by atoms with Crippen LogP contribution < -0.4 is 4.74 Å². The number of aromatic nitrogens is 4. The Morgan fingerprint density at radius 2 is 2.04 bits per heavy atom. The zero-order valence-corrected chi connectivity index (χ0v) is 14.7. The lowest BCUT2D eigenvalue weighted by molar-refractivity contribution is 0.0514. The number of amides is 1. The van der Waals surface area contributed by atoms with Crippen LogP contribution in [0.3, 0.4) is 0 Å². The van der Waals surface area contributed by atoms with E-state index in [-0.39, 0.29) is 18.0 Å². The van der Waals surface area contributed by atoms with Crippen LogP contribution in [0.2, 0.25) is 5.02 Å². The molecule has 0 spiro atoms. The van der Waals surface area contributed by atoms with E-state index in [1.165, 1.54) is 12.4 Å². The van der Waals surface area contributed by atoms with Gasteiger partial charge in [0, 0.05) is 19.3 Å². The highest BCUT2D eigenvalue weighted by molar-refractivity contribution is 6.30. The van der Waals surface area contributed by atoms with E-state index in [1.54, 1.807) is 4.68 Å². The lowest BCUT2D eigenvalue weighted by Crippen LogP contribution is -2.44. The van der Waals surface area contributed by atoms with Gasteiger partial charge in [0.2, 0.25) is 0 Å². The first kappa shape index (κ1) is 16.7. The van der Waals surface area contributed by atoms with Gasteiger partial charge in [0.05, 0.1) is 35.2 Å². The summed E-state index contributed by atoms with van der Waals surface area (Å²) in [5.74, 6) is 0.00317. The minimum atomic E-state index is -0.124. The molecule has 1 aliphatic rings. The Balaban J connectivity index is 1.71. The molecule has 128 valence electrons. The number of rotatable bonds is 3. The molecule has 1 saturated heterocycles. The summed E-state index contributed by atoms with van der Waals surface area (Å²) in [6.07, 6.45) is 4.61. The van der Waals surface area contributed by atoms with Crippen LogP contribution >= 0.6 is 11.6 Å². The van der Waals surface area contributed by atoms with Crippen molar-refractivity contribution < 1.29 is 9.53 Å². The molecular formula is C16H20ClN5O2. The fourth-order valence-corrected chi connectivity index (χ4v) is 3.07. The van der Waals surface area contributed by atoms with Gasteiger partial charge in [-0.1, -0.05) is 11.6 Å². The molecule has 3 heterocycles. The molecule has 0 N–H and O–H groups in total. The Bertz CT molecular complexity index is 744. The SMILES string of the molecule is Cc1nn(C)c(C)c1C(=O)N1CCC[C@@H](Oc2ncc(Cl)cn2)C1. The third kappa shape index (κ3) is 3.36. The Labute approximate surface area is 145 Å². The summed E-state index contributed by atoms with van der Waals surface area (Å²) >= 11 is 5.78. The van der Waals surface area contributed by atoms with Gasteiger partial charge in [0.1, 0.15) is 6.10 Å². The summed E-state index contributed by atoms with van der Waals surface area (Å²) in [5, 5.41) is 4.79. The highest BCUT2D eigenvalue weighted by Gasteiger charge is 2.29. The van der Waals surface area contributed by atoms with Crippen molar-refractivity contribution in [2.24, 2.45) is 7.05 Å². The predicted molar refractivity (Wildman–Crippen MR) is 89.3 cm³/mol. The summed E-state index contributed by atoms with van der Waals surface area (Å²) in [5.41, 5.74) is 2.31. The third-order valence-electron chi connectivity index (χ3n) is 4.26. The Morgan fingerprint density at radius 1 is 1.33 bits per heavy atom. The van der Waals surface area contributed by atoms with Crippen molar-refractivity contribution in [1.82, 2.24) is 24.6 Å². The number of halogens is 1. The normalized spacial score (nSPS) is 17.8. The van der Waals surface area contributed by atoms with Crippen molar-refractivity contribution >= 4 is 17.5 Å². The minimum absolute atomic E-state index is 0.00317. The van der Waals surface area contributed by atoms with E-state index in [9.17, 15) is 4.79 Å². The van der Waals surface area contributed by atoms with Crippen LogP contribution in [-0.2, 0) is 7.05 Å². The maximum absolute atomic E-state index is 12.9. The van der Waals surface area contributed by atoms with Crippen molar-refractivity contribution in [3.05, 3.63) is 34.4 Å². The molecular weight excluding hydrogens is 330 g/mol. The van der Waals surface area contributed by atoms with Gasteiger partial charge in [0.25, 0.3) is 5.91 Å². The van der Waals surface area contributed by atoms with Gasteiger partial charge in [-0.25, -0.2) is 9.97 Å². The van der Waals surface area contributed by atoms with Crippen LogP contribution in [0.5, 0.6) is 6.01 Å². The molecule has 2 aromatic rings. The van der Waals surface area contributed by atoms with Crippen LogP contribution in [-0.4, -0.2) is 49.7 Å². The number of carbonyl (C=O) groups is 1. The van der Waals surface area contributed by atoms with Gasteiger partial charge < -0.3 is 9.64 Å². The van der Waals surface area contributed by atoms with Crippen LogP contribution in [0.15, 0.2) is 12.4 Å². The van der Waals surface area contributed by atoms with Crippen LogP contribution in [0.25, 0.3) is 0 Å². The number of carbonyl (C=O) groups excluding carboxylic acids is 1. The number of hydrogen-bond acceptors (Lipinski definition) is 5. The third-order valence-corrected chi connectivity index (χ3v) is 4.45. The molecule has 0 unspecified atom stereocenters. The summed E-state index contributed by atoms with van der Waals surface area (Å²) in [7, 11) is 1.85. The summed E-state index contributed by atoms with van der Waals surface area (Å²) in [6, 6.07) is 0.285. The topological polar surface area (TPSA) is 73.1 Å². The Hall–Kier alpha value is -2.15. The number of aryl methyl sites for hydroxylation is 2. The Kier molecular flexibility index (Phi) is 4.71. The van der Waals surface area contributed by atoms with Crippen molar-refractivity contribution in [2.45, 2.75) is 32.8 Å². The highest BCUT2D eigenvalue weighted by atomic mass is 35.5. The predicted octanol–water partition coefficient (Wildman–Crippen LogP) is 2.16. The van der Waals surface area contributed by atoms with E-state index >= 15 is 0 Å². The lowest BCUT2D eigenvalue weighted by Gasteiger charge is -2.32. The van der Waals surface area contributed by atoms with Gasteiger partial charge >= 0.3 is 6.01 Å². The highest BCUT2D eigenvalue weighted by Crippen LogP contribution is 2.20. The van der Waals surface area contributed by atoms with E-state index < -0.39 is 0 Å². The summed E-state index contributed by atoms with van der Waals surface area (Å²) < 4.78 is 7.53. The first-order valence-corrected chi connectivity index (χ1v) is 8.27. The molecule has 24 heavy (non-hydrogen) atoms. The van der Waals surface area contributed by atoms with E-state index in [2.05, 4.69) is 15.1 Å². The first-order valence-electron chi connectivity index (χ1n) is 7.89. The number of nitrogens with zero attached hydrogens (tertiary/aromatic N) is 5. The lowest BCUT2D eigenvalue weighted by atomic mass is 10.1. The van der Waals surface area contributed by atoms with Crippen molar-refractivity contribution in [2.75, 3.05) is 13.1 Å². The van der Waals surface area contributed by atoms with Gasteiger partial charge in [-0.05, 0) is 26.7 Å². The van der Waals surface area contributed by atoms with Crippen molar-refractivity contribution in [3.8, 4) is 6.01 Å². The van der Waals surface area contributed by atoms with E-state index in [4.69, 9.17) is 16.3 Å². The van der Waals surface area contributed by atoms with Crippen LogP contribution in [0.4, 0.5) is 0 Å². The molecule has 0 bridgehead atoms. The Morgan fingerprint density at radius 3 is 2.67 bits per heavy atom. The zero-order valence-electron chi connectivity index (χ0n) is 14.0. The van der Waals surface area contributed by atoms with Crippen molar-refractivity contribution in [1.29, 1.82) is 0 Å². The minimum Gasteiger partial charge on any atom is -0.458 e. The maximum atomic E-state index is 12.9. The molecule has 7 nitrogen and oxygen atoms in total. The number of piperidine rings is 1. The number of ether oxygens (including phenoxy) is 1. The molecule has 1 amide bonds. The van der Waals surface area contributed by atoms with Gasteiger partial charge in [-0.2, -0.15) is 5.10 Å². The largest absolute Gasteiger partial charge is 0.458 e. The van der Waals surface area contributed by atoms with Gasteiger partial charge in [-0.15, -0.1) is 0 Å². The zero-order chi connectivity index (χ0) is 17.3. The molecule has 1 fully saturated rings. The molecule has 8 heteroatoms. The average Bonchev–Trinajstić information content (AvgIpc) is 2.82. The molecule has 3 rings (SSSR count). The molecule has 0 radical (unpaired) electrons. The quantitative estimate of drug-likeness (QED) is 0.849. The molecule has 0 saturated carbocycles.